The molecule has 0 fully saturated rings. The summed E-state index contributed by atoms with van der Waals surface area (Å²) in [5, 5.41) is 10.7. The summed E-state index contributed by atoms with van der Waals surface area (Å²) in [4.78, 5) is 2.67. The number of halogens is 3. The van der Waals surface area contributed by atoms with Gasteiger partial charge in [0.2, 0.25) is 0 Å². The molecule has 0 N–H and O–H groups in total. The zero-order valence-corrected chi connectivity index (χ0v) is 17.9. The Kier molecular flexibility index (Phi) is 7.42. The summed E-state index contributed by atoms with van der Waals surface area (Å²) in [7, 11) is -0.539. The van der Waals surface area contributed by atoms with Crippen molar-refractivity contribution < 1.29 is 18.3 Å². The SMILES string of the molecule is Cc1cc(C)cc([O-])c1.Fc1ccc([S+](c2ccc(F)cc2)c2ccc(F)cc2)cc1. The number of benzene rings is 4. The molecule has 0 spiro atoms. The van der Waals surface area contributed by atoms with E-state index in [1.807, 2.05) is 19.9 Å². The van der Waals surface area contributed by atoms with E-state index in [1.165, 1.54) is 36.4 Å². The topological polar surface area (TPSA) is 23.1 Å². The van der Waals surface area contributed by atoms with Crippen molar-refractivity contribution in [2.75, 3.05) is 0 Å². The second-order valence-corrected chi connectivity index (χ2v) is 9.02. The lowest BCUT2D eigenvalue weighted by molar-refractivity contribution is -0.268. The molecule has 0 heterocycles. The molecule has 4 aromatic rings. The normalized spacial score (nSPS) is 10.5. The number of aryl methyl sites for hydroxylation is 2. The molecule has 0 aliphatic carbocycles. The van der Waals surface area contributed by atoms with Crippen molar-refractivity contribution in [3.8, 4) is 5.75 Å². The van der Waals surface area contributed by atoms with Crippen LogP contribution in [0.25, 0.3) is 0 Å². The molecule has 0 bridgehead atoms. The number of hydrogen-bond donors (Lipinski definition) is 0. The first-order valence-corrected chi connectivity index (χ1v) is 10.8. The van der Waals surface area contributed by atoms with Gasteiger partial charge >= 0.3 is 0 Å². The molecule has 0 aliphatic rings. The third-order valence-corrected chi connectivity index (χ3v) is 6.57. The van der Waals surface area contributed by atoms with E-state index >= 15 is 0 Å². The summed E-state index contributed by atoms with van der Waals surface area (Å²) in [5.41, 5.74) is 2.08. The van der Waals surface area contributed by atoms with Gasteiger partial charge in [-0.15, -0.1) is 5.75 Å². The average Bonchev–Trinajstić information content (AvgIpc) is 2.72. The van der Waals surface area contributed by atoms with Crippen LogP contribution in [0.5, 0.6) is 5.75 Å². The van der Waals surface area contributed by atoms with Gasteiger partial charge < -0.3 is 5.11 Å². The Balaban J connectivity index is 0.000000254. The monoisotopic (exact) mass is 438 g/mol. The lowest BCUT2D eigenvalue weighted by Gasteiger charge is -2.08. The van der Waals surface area contributed by atoms with E-state index in [4.69, 9.17) is 0 Å². The van der Waals surface area contributed by atoms with Crippen LogP contribution in [0.1, 0.15) is 11.1 Å². The molecule has 0 aromatic heterocycles. The van der Waals surface area contributed by atoms with E-state index in [0.717, 1.165) is 25.8 Å². The highest BCUT2D eigenvalue weighted by Crippen LogP contribution is 2.31. The van der Waals surface area contributed by atoms with Crippen LogP contribution >= 0.6 is 0 Å². The highest BCUT2D eigenvalue weighted by atomic mass is 32.2. The molecule has 0 atom stereocenters. The van der Waals surface area contributed by atoms with Gasteiger partial charge in [-0.05, 0) is 86.6 Å². The lowest BCUT2D eigenvalue weighted by Crippen LogP contribution is -2.05. The molecule has 0 unspecified atom stereocenters. The average molecular weight is 439 g/mol. The lowest BCUT2D eigenvalue weighted by atomic mass is 10.1. The van der Waals surface area contributed by atoms with Gasteiger partial charge in [0, 0.05) is 0 Å². The molecule has 158 valence electrons. The highest BCUT2D eigenvalue weighted by molar-refractivity contribution is 7.97. The second kappa shape index (κ2) is 10.2. The molecule has 5 heteroatoms. The second-order valence-electron chi connectivity index (χ2n) is 6.99. The van der Waals surface area contributed by atoms with Gasteiger partial charge in [0.15, 0.2) is 14.7 Å². The fraction of sp³-hybridized carbons (Fsp3) is 0.0769. The highest BCUT2D eigenvalue weighted by Gasteiger charge is 2.28. The molecule has 0 radical (unpaired) electrons. The van der Waals surface area contributed by atoms with Gasteiger partial charge in [-0.1, -0.05) is 29.3 Å². The van der Waals surface area contributed by atoms with Crippen molar-refractivity contribution >= 4 is 10.9 Å². The van der Waals surface area contributed by atoms with E-state index in [1.54, 1.807) is 48.5 Å². The zero-order valence-electron chi connectivity index (χ0n) is 17.1. The van der Waals surface area contributed by atoms with Crippen molar-refractivity contribution in [3.63, 3.8) is 0 Å². The van der Waals surface area contributed by atoms with E-state index in [-0.39, 0.29) is 23.2 Å². The van der Waals surface area contributed by atoms with E-state index in [0.29, 0.717) is 0 Å². The van der Waals surface area contributed by atoms with Gasteiger partial charge in [0.1, 0.15) is 17.5 Å². The van der Waals surface area contributed by atoms with Crippen LogP contribution in [0.2, 0.25) is 0 Å². The van der Waals surface area contributed by atoms with Gasteiger partial charge in [0.25, 0.3) is 0 Å². The molecular formula is C26H21F3OS. The Morgan fingerprint density at radius 1 is 0.516 bits per heavy atom. The molecule has 1 nitrogen and oxygen atoms in total. The van der Waals surface area contributed by atoms with Crippen molar-refractivity contribution in [1.29, 1.82) is 0 Å². The Labute approximate surface area is 183 Å². The van der Waals surface area contributed by atoms with Gasteiger partial charge in [0.05, 0.1) is 10.9 Å². The maximum absolute atomic E-state index is 13.2. The minimum atomic E-state index is -0.539. The summed E-state index contributed by atoms with van der Waals surface area (Å²) >= 11 is 0. The molecule has 0 saturated heterocycles. The maximum atomic E-state index is 13.2. The van der Waals surface area contributed by atoms with Crippen LogP contribution in [-0.2, 0) is 10.9 Å². The van der Waals surface area contributed by atoms with Crippen molar-refractivity contribution in [2.24, 2.45) is 0 Å². The molecule has 4 aromatic carbocycles. The van der Waals surface area contributed by atoms with E-state index < -0.39 is 10.9 Å². The minimum absolute atomic E-state index is 0.104. The fourth-order valence-corrected chi connectivity index (χ4v) is 5.09. The predicted molar refractivity (Wildman–Crippen MR) is 117 cm³/mol. The van der Waals surface area contributed by atoms with Crippen LogP contribution in [0, 0.1) is 31.3 Å². The maximum Gasteiger partial charge on any atom is 0.166 e. The predicted octanol–water partition coefficient (Wildman–Crippen LogP) is 6.58. The smallest absolute Gasteiger partial charge is 0.166 e. The Morgan fingerprint density at radius 3 is 1.06 bits per heavy atom. The molecular weight excluding hydrogens is 417 g/mol. The summed E-state index contributed by atoms with van der Waals surface area (Å²) in [6.45, 7) is 3.85. The Morgan fingerprint density at radius 2 is 0.806 bits per heavy atom. The first-order chi connectivity index (χ1) is 14.8. The van der Waals surface area contributed by atoms with Gasteiger partial charge in [-0.2, -0.15) is 0 Å². The molecule has 0 aliphatic heterocycles. The largest absolute Gasteiger partial charge is 0.872 e. The van der Waals surface area contributed by atoms with Crippen LogP contribution in [0.15, 0.2) is 106 Å². The molecule has 4 rings (SSSR count). The van der Waals surface area contributed by atoms with Crippen molar-refractivity contribution in [1.82, 2.24) is 0 Å². The summed E-state index contributed by atoms with van der Waals surface area (Å²) in [5.74, 6) is -0.839. The van der Waals surface area contributed by atoms with Gasteiger partial charge in [-0.25, -0.2) is 13.2 Å². The quantitative estimate of drug-likeness (QED) is 0.332. The zero-order chi connectivity index (χ0) is 22.4. The standard InChI is InChI=1S/C18H12F3S.C8H10O/c19-13-1-7-16(8-2-13)22(17-9-3-14(20)4-10-17)18-11-5-15(21)6-12-18;1-6-3-7(2)5-8(9)4-6/h1-12H;3-5,9H,1-2H3/q+1;/p-1. The fourth-order valence-electron chi connectivity index (χ4n) is 3.05. The molecule has 0 saturated carbocycles. The summed E-state index contributed by atoms with van der Waals surface area (Å²) < 4.78 is 39.5. The third-order valence-electron chi connectivity index (χ3n) is 4.34. The number of rotatable bonds is 3. The first kappa shape index (κ1) is 22.5. The minimum Gasteiger partial charge on any atom is -0.872 e. The van der Waals surface area contributed by atoms with Crippen LogP contribution < -0.4 is 5.11 Å². The van der Waals surface area contributed by atoms with E-state index in [9.17, 15) is 18.3 Å². The van der Waals surface area contributed by atoms with Crippen LogP contribution in [0.3, 0.4) is 0 Å². The molecule has 0 amide bonds. The third kappa shape index (κ3) is 6.40. The Hall–Kier alpha value is -3.18. The van der Waals surface area contributed by atoms with Crippen molar-refractivity contribution in [3.05, 3.63) is 120 Å². The summed E-state index contributed by atoms with van der Waals surface area (Å²) in [6.07, 6.45) is 0. The summed E-state index contributed by atoms with van der Waals surface area (Å²) in [6, 6.07) is 23.8. The first-order valence-electron chi connectivity index (χ1n) is 9.58. The van der Waals surface area contributed by atoms with Crippen LogP contribution in [-0.4, -0.2) is 0 Å². The van der Waals surface area contributed by atoms with Crippen LogP contribution in [0.4, 0.5) is 13.2 Å². The van der Waals surface area contributed by atoms with Gasteiger partial charge in [-0.3, -0.25) is 0 Å². The van der Waals surface area contributed by atoms with Crippen molar-refractivity contribution in [2.45, 2.75) is 28.5 Å². The number of hydrogen-bond acceptors (Lipinski definition) is 1. The van der Waals surface area contributed by atoms with E-state index in [2.05, 4.69) is 0 Å². The Bertz CT molecular complexity index is 966. The molecule has 31 heavy (non-hydrogen) atoms.